The van der Waals surface area contributed by atoms with Gasteiger partial charge < -0.3 is 10.0 Å². The van der Waals surface area contributed by atoms with Crippen LogP contribution in [0.5, 0.6) is 0 Å². The topological polar surface area (TPSA) is 40.5 Å². The van der Waals surface area contributed by atoms with E-state index in [0.717, 1.165) is 19.4 Å². The normalized spacial score (nSPS) is 12.1. The van der Waals surface area contributed by atoms with Crippen molar-refractivity contribution in [2.24, 2.45) is 0 Å². The third kappa shape index (κ3) is 12.9. The minimum atomic E-state index is -0.795. The lowest BCUT2D eigenvalue weighted by Crippen LogP contribution is -2.27. The monoisotopic (exact) mass is 311 g/mol. The zero-order valence-corrected chi connectivity index (χ0v) is 15.1. The van der Waals surface area contributed by atoms with Crippen LogP contribution < -0.4 is 0 Å². The van der Waals surface area contributed by atoms with Gasteiger partial charge in [0.2, 0.25) is 0 Å². The Morgan fingerprint density at radius 3 is 1.82 bits per heavy atom. The Hall–Kier alpha value is -0.830. The van der Waals surface area contributed by atoms with Gasteiger partial charge in [-0.15, -0.1) is 0 Å². The molecule has 0 saturated heterocycles. The minimum Gasteiger partial charge on any atom is -0.478 e. The van der Waals surface area contributed by atoms with Crippen LogP contribution in [0.3, 0.4) is 0 Å². The van der Waals surface area contributed by atoms with Crippen LogP contribution in [0.15, 0.2) is 11.6 Å². The number of carboxylic acids is 1. The van der Waals surface area contributed by atoms with Gasteiger partial charge >= 0.3 is 5.97 Å². The molecule has 0 saturated carbocycles. The van der Waals surface area contributed by atoms with E-state index >= 15 is 0 Å². The van der Waals surface area contributed by atoms with Crippen LogP contribution in [0.2, 0.25) is 0 Å². The molecule has 130 valence electrons. The van der Waals surface area contributed by atoms with Crippen LogP contribution in [0.25, 0.3) is 0 Å². The molecule has 0 aromatic carbocycles. The van der Waals surface area contributed by atoms with Gasteiger partial charge in [0, 0.05) is 5.57 Å². The van der Waals surface area contributed by atoms with Crippen LogP contribution in [0, 0.1) is 0 Å². The fourth-order valence-electron chi connectivity index (χ4n) is 2.58. The number of unbranched alkanes of at least 4 members (excludes halogenated alkanes) is 7. The molecular formula is C19H37NO2. The van der Waals surface area contributed by atoms with E-state index in [9.17, 15) is 4.79 Å². The highest BCUT2D eigenvalue weighted by Crippen LogP contribution is 2.07. The maximum absolute atomic E-state index is 10.8. The van der Waals surface area contributed by atoms with Crippen molar-refractivity contribution in [1.82, 2.24) is 4.90 Å². The van der Waals surface area contributed by atoms with E-state index < -0.39 is 5.97 Å². The van der Waals surface area contributed by atoms with Crippen LogP contribution in [-0.2, 0) is 4.79 Å². The van der Waals surface area contributed by atoms with Gasteiger partial charge in [-0.25, -0.2) is 4.79 Å². The number of aliphatic carboxylic acids is 1. The Morgan fingerprint density at radius 1 is 0.864 bits per heavy atom. The standard InChI is InChI=1S/C19H37NO2/c1-4-6-8-11-15-20(16-12-9-7-5-2)17-13-10-14-18(3)19(21)22/h14H,4-13,15-17H2,1-3H3,(H,21,22). The molecule has 3 heteroatoms. The SMILES string of the molecule is CCCCCCN(CCCC=C(C)C(=O)O)CCCCCC. The second-order valence-corrected chi connectivity index (χ2v) is 6.30. The van der Waals surface area contributed by atoms with Gasteiger partial charge in [0.05, 0.1) is 0 Å². The molecule has 0 amide bonds. The summed E-state index contributed by atoms with van der Waals surface area (Å²) in [5, 5.41) is 8.85. The van der Waals surface area contributed by atoms with E-state index in [-0.39, 0.29) is 0 Å². The molecule has 0 rings (SSSR count). The predicted octanol–water partition coefficient (Wildman–Crippen LogP) is 5.26. The second-order valence-electron chi connectivity index (χ2n) is 6.30. The van der Waals surface area contributed by atoms with Crippen molar-refractivity contribution in [3.63, 3.8) is 0 Å². The first-order chi connectivity index (χ1) is 10.6. The summed E-state index contributed by atoms with van der Waals surface area (Å²) in [6, 6.07) is 0. The van der Waals surface area contributed by atoms with Crippen molar-refractivity contribution < 1.29 is 9.90 Å². The summed E-state index contributed by atoms with van der Waals surface area (Å²) in [6.07, 6.45) is 14.3. The maximum Gasteiger partial charge on any atom is 0.330 e. The number of nitrogens with zero attached hydrogens (tertiary/aromatic N) is 1. The van der Waals surface area contributed by atoms with Crippen LogP contribution in [0.4, 0.5) is 0 Å². The zero-order valence-electron chi connectivity index (χ0n) is 15.1. The Morgan fingerprint density at radius 2 is 1.36 bits per heavy atom. The number of hydrogen-bond acceptors (Lipinski definition) is 2. The summed E-state index contributed by atoms with van der Waals surface area (Å²) >= 11 is 0. The van der Waals surface area contributed by atoms with Crippen molar-refractivity contribution in [2.75, 3.05) is 19.6 Å². The first kappa shape index (κ1) is 21.2. The van der Waals surface area contributed by atoms with Gasteiger partial charge in [0.25, 0.3) is 0 Å². The molecule has 0 bridgehead atoms. The first-order valence-corrected chi connectivity index (χ1v) is 9.24. The number of rotatable bonds is 15. The van der Waals surface area contributed by atoms with Gasteiger partial charge in [0.1, 0.15) is 0 Å². The Labute approximate surface area is 137 Å². The van der Waals surface area contributed by atoms with Gasteiger partial charge in [-0.1, -0.05) is 58.4 Å². The molecule has 0 aromatic heterocycles. The van der Waals surface area contributed by atoms with E-state index in [2.05, 4.69) is 18.7 Å². The molecule has 0 atom stereocenters. The van der Waals surface area contributed by atoms with Crippen molar-refractivity contribution >= 4 is 5.97 Å². The van der Waals surface area contributed by atoms with E-state index in [1.54, 1.807) is 6.92 Å². The third-order valence-electron chi connectivity index (χ3n) is 4.12. The smallest absolute Gasteiger partial charge is 0.330 e. The average Bonchev–Trinajstić information content (AvgIpc) is 2.50. The molecule has 0 aliphatic rings. The summed E-state index contributed by atoms with van der Waals surface area (Å²) in [6.45, 7) is 9.68. The molecule has 0 unspecified atom stereocenters. The molecule has 0 fully saturated rings. The first-order valence-electron chi connectivity index (χ1n) is 9.24. The number of carboxylic acid groups (broad SMARTS) is 1. The van der Waals surface area contributed by atoms with Crippen molar-refractivity contribution in [2.45, 2.75) is 85.0 Å². The fourth-order valence-corrected chi connectivity index (χ4v) is 2.58. The lowest BCUT2D eigenvalue weighted by atomic mass is 10.1. The lowest BCUT2D eigenvalue weighted by Gasteiger charge is -2.22. The Bertz CT molecular complexity index is 288. The quantitative estimate of drug-likeness (QED) is 0.331. The molecule has 0 aliphatic heterocycles. The van der Waals surface area contributed by atoms with Gasteiger partial charge in [-0.05, 0) is 52.2 Å². The highest BCUT2D eigenvalue weighted by Gasteiger charge is 2.05. The molecule has 1 N–H and O–H groups in total. The Kier molecular flexibility index (Phi) is 14.5. The molecule has 0 aromatic rings. The van der Waals surface area contributed by atoms with Crippen molar-refractivity contribution in [1.29, 1.82) is 0 Å². The number of carbonyl (C=O) groups is 1. The van der Waals surface area contributed by atoms with Gasteiger partial charge in [0.15, 0.2) is 0 Å². The fraction of sp³-hybridized carbons (Fsp3) is 0.842. The summed E-state index contributed by atoms with van der Waals surface area (Å²) in [5.74, 6) is -0.795. The maximum atomic E-state index is 10.8. The third-order valence-corrected chi connectivity index (χ3v) is 4.12. The molecular weight excluding hydrogens is 274 g/mol. The van der Waals surface area contributed by atoms with E-state index in [1.165, 1.54) is 64.5 Å². The van der Waals surface area contributed by atoms with E-state index in [4.69, 9.17) is 5.11 Å². The van der Waals surface area contributed by atoms with E-state index in [0.29, 0.717) is 5.57 Å². The summed E-state index contributed by atoms with van der Waals surface area (Å²) < 4.78 is 0. The molecule has 0 aliphatic carbocycles. The second kappa shape index (κ2) is 15.1. The molecule has 3 nitrogen and oxygen atoms in total. The number of allylic oxidation sites excluding steroid dienone is 1. The summed E-state index contributed by atoms with van der Waals surface area (Å²) in [7, 11) is 0. The Balaban J connectivity index is 3.98. The molecule has 0 spiro atoms. The lowest BCUT2D eigenvalue weighted by molar-refractivity contribution is -0.132. The molecule has 0 heterocycles. The molecule has 22 heavy (non-hydrogen) atoms. The van der Waals surface area contributed by atoms with Crippen molar-refractivity contribution in [3.05, 3.63) is 11.6 Å². The highest BCUT2D eigenvalue weighted by atomic mass is 16.4. The van der Waals surface area contributed by atoms with Crippen LogP contribution in [0.1, 0.15) is 85.0 Å². The predicted molar refractivity (Wildman–Crippen MR) is 95.4 cm³/mol. The van der Waals surface area contributed by atoms with Crippen LogP contribution >= 0.6 is 0 Å². The average molecular weight is 312 g/mol. The van der Waals surface area contributed by atoms with Crippen LogP contribution in [-0.4, -0.2) is 35.6 Å². The largest absolute Gasteiger partial charge is 0.478 e. The summed E-state index contributed by atoms with van der Waals surface area (Å²) in [4.78, 5) is 13.3. The van der Waals surface area contributed by atoms with Gasteiger partial charge in [-0.3, -0.25) is 0 Å². The van der Waals surface area contributed by atoms with Gasteiger partial charge in [-0.2, -0.15) is 0 Å². The minimum absolute atomic E-state index is 0.470. The zero-order chi connectivity index (χ0) is 16.6. The highest BCUT2D eigenvalue weighted by molar-refractivity contribution is 5.85. The van der Waals surface area contributed by atoms with E-state index in [1.807, 2.05) is 6.08 Å². The summed E-state index contributed by atoms with van der Waals surface area (Å²) in [5.41, 5.74) is 0.470. The molecule has 0 radical (unpaired) electrons. The van der Waals surface area contributed by atoms with Crippen molar-refractivity contribution in [3.8, 4) is 0 Å². The number of hydrogen-bond donors (Lipinski definition) is 1.